The lowest BCUT2D eigenvalue weighted by molar-refractivity contribution is -0.125. The van der Waals surface area contributed by atoms with Gasteiger partial charge in [-0.1, -0.05) is 12.1 Å². The Hall–Kier alpha value is -2.41. The minimum absolute atomic E-state index is 0.0706. The molecule has 1 saturated heterocycles. The molecule has 1 aliphatic carbocycles. The molecule has 2 heterocycles. The molecule has 0 bridgehead atoms. The molecular weight excluding hydrogens is 386 g/mol. The van der Waals surface area contributed by atoms with Gasteiger partial charge in [-0.15, -0.1) is 11.3 Å². The standard InChI is InChI=1S/C22H27N3O3S/c26-21-19(10-3-4-11-24-21)25(22(27)20-13-23-15-29-20)14-16-6-5-9-18(12-16)28-17-7-1-2-8-17/h5-6,9,12-13,15,17,19H,1-4,7-8,10-11,14H2,(H,24,26)/t19-/m0/s1. The molecule has 2 fully saturated rings. The first-order chi connectivity index (χ1) is 14.2. The number of nitrogens with zero attached hydrogens (tertiary/aromatic N) is 2. The lowest BCUT2D eigenvalue weighted by atomic mass is 10.1. The molecule has 1 saturated carbocycles. The minimum Gasteiger partial charge on any atom is -0.490 e. The predicted octanol–water partition coefficient (Wildman–Crippen LogP) is 3.78. The number of ether oxygens (including phenoxy) is 1. The number of carbonyl (C=O) groups is 2. The fraction of sp³-hybridized carbons (Fsp3) is 0.500. The molecule has 0 unspecified atom stereocenters. The third-order valence-electron chi connectivity index (χ3n) is 5.64. The smallest absolute Gasteiger partial charge is 0.266 e. The summed E-state index contributed by atoms with van der Waals surface area (Å²) in [5.41, 5.74) is 2.62. The molecule has 6 nitrogen and oxygen atoms in total. The van der Waals surface area contributed by atoms with E-state index in [1.807, 2.05) is 24.3 Å². The number of hydrogen-bond acceptors (Lipinski definition) is 5. The lowest BCUT2D eigenvalue weighted by Gasteiger charge is -2.30. The van der Waals surface area contributed by atoms with Crippen LogP contribution in [0.25, 0.3) is 0 Å². The Morgan fingerprint density at radius 1 is 1.21 bits per heavy atom. The van der Waals surface area contributed by atoms with E-state index in [1.54, 1.807) is 16.6 Å². The second-order valence-corrected chi connectivity index (χ2v) is 8.66. The van der Waals surface area contributed by atoms with E-state index in [1.165, 1.54) is 24.2 Å². The maximum absolute atomic E-state index is 13.2. The molecule has 29 heavy (non-hydrogen) atoms. The van der Waals surface area contributed by atoms with Gasteiger partial charge in [0.2, 0.25) is 5.91 Å². The average Bonchev–Trinajstić information content (AvgIpc) is 3.40. The maximum atomic E-state index is 13.2. The van der Waals surface area contributed by atoms with Gasteiger partial charge in [0, 0.05) is 13.1 Å². The lowest BCUT2D eigenvalue weighted by Crippen LogP contribution is -2.48. The molecule has 0 spiro atoms. The average molecular weight is 414 g/mol. The van der Waals surface area contributed by atoms with Gasteiger partial charge in [-0.25, -0.2) is 0 Å². The highest BCUT2D eigenvalue weighted by Gasteiger charge is 2.32. The van der Waals surface area contributed by atoms with Crippen LogP contribution < -0.4 is 10.1 Å². The summed E-state index contributed by atoms with van der Waals surface area (Å²) in [6, 6.07) is 7.45. The number of hydrogen-bond donors (Lipinski definition) is 1. The second kappa shape index (κ2) is 9.39. The van der Waals surface area contributed by atoms with Crippen molar-refractivity contribution in [2.45, 2.75) is 63.6 Å². The molecule has 1 aromatic carbocycles. The van der Waals surface area contributed by atoms with Crippen LogP contribution >= 0.6 is 11.3 Å². The summed E-state index contributed by atoms with van der Waals surface area (Å²) in [5.74, 6) is 0.625. The quantitative estimate of drug-likeness (QED) is 0.782. The SMILES string of the molecule is O=C1NCCCC[C@@H]1N(Cc1cccc(OC2CCCC2)c1)C(=O)c1cncs1. The molecule has 1 atom stereocenters. The van der Waals surface area contributed by atoms with Crippen LogP contribution in [-0.2, 0) is 11.3 Å². The van der Waals surface area contributed by atoms with Crippen LogP contribution in [0.5, 0.6) is 5.75 Å². The van der Waals surface area contributed by atoms with E-state index in [0.29, 0.717) is 24.4 Å². The molecule has 1 aliphatic heterocycles. The Labute approximate surface area is 175 Å². The molecule has 2 amide bonds. The summed E-state index contributed by atoms with van der Waals surface area (Å²) in [5, 5.41) is 2.95. The number of carbonyl (C=O) groups excluding carboxylic acids is 2. The van der Waals surface area contributed by atoms with Gasteiger partial charge in [0.1, 0.15) is 16.7 Å². The third-order valence-corrected chi connectivity index (χ3v) is 6.40. The fourth-order valence-electron chi connectivity index (χ4n) is 4.12. The van der Waals surface area contributed by atoms with E-state index in [0.717, 1.165) is 37.0 Å². The summed E-state index contributed by atoms with van der Waals surface area (Å²) in [6.45, 7) is 1.04. The van der Waals surface area contributed by atoms with E-state index in [2.05, 4.69) is 10.3 Å². The zero-order chi connectivity index (χ0) is 20.1. The highest BCUT2D eigenvalue weighted by molar-refractivity contribution is 7.11. The molecule has 1 aromatic heterocycles. The summed E-state index contributed by atoms with van der Waals surface area (Å²) < 4.78 is 6.13. The van der Waals surface area contributed by atoms with E-state index in [4.69, 9.17) is 4.74 Å². The molecule has 4 rings (SSSR count). The summed E-state index contributed by atoms with van der Waals surface area (Å²) in [6.07, 6.45) is 9.04. The van der Waals surface area contributed by atoms with E-state index in [9.17, 15) is 9.59 Å². The van der Waals surface area contributed by atoms with Crippen molar-refractivity contribution in [2.24, 2.45) is 0 Å². The monoisotopic (exact) mass is 413 g/mol. The first-order valence-electron chi connectivity index (χ1n) is 10.4. The number of nitrogens with one attached hydrogen (secondary N) is 1. The van der Waals surface area contributed by atoms with Crippen LogP contribution in [0, 0.1) is 0 Å². The van der Waals surface area contributed by atoms with Gasteiger partial charge in [0.25, 0.3) is 5.91 Å². The number of thiazole rings is 1. The molecule has 7 heteroatoms. The van der Waals surface area contributed by atoms with Crippen LogP contribution in [0.2, 0.25) is 0 Å². The normalized spacial score (nSPS) is 20.1. The highest BCUT2D eigenvalue weighted by Crippen LogP contribution is 2.26. The fourth-order valence-corrected chi connectivity index (χ4v) is 4.69. The topological polar surface area (TPSA) is 71.5 Å². The first-order valence-corrected chi connectivity index (χ1v) is 11.3. The number of aromatic nitrogens is 1. The largest absolute Gasteiger partial charge is 0.490 e. The predicted molar refractivity (Wildman–Crippen MR) is 112 cm³/mol. The molecular formula is C22H27N3O3S. The van der Waals surface area contributed by atoms with Gasteiger partial charge in [0.15, 0.2) is 0 Å². The van der Waals surface area contributed by atoms with Crippen molar-refractivity contribution >= 4 is 23.2 Å². The summed E-state index contributed by atoms with van der Waals surface area (Å²) >= 11 is 1.31. The Morgan fingerprint density at radius 3 is 2.83 bits per heavy atom. The number of amides is 2. The van der Waals surface area contributed by atoms with Crippen LogP contribution in [0.1, 0.15) is 60.2 Å². The Balaban J connectivity index is 1.56. The summed E-state index contributed by atoms with van der Waals surface area (Å²) in [4.78, 5) is 32.2. The van der Waals surface area contributed by atoms with E-state index in [-0.39, 0.29) is 17.9 Å². The van der Waals surface area contributed by atoms with Gasteiger partial charge in [-0.05, 0) is 62.6 Å². The van der Waals surface area contributed by atoms with Gasteiger partial charge in [0.05, 0.1) is 17.8 Å². The molecule has 154 valence electrons. The van der Waals surface area contributed by atoms with Crippen molar-refractivity contribution in [1.82, 2.24) is 15.2 Å². The zero-order valence-corrected chi connectivity index (χ0v) is 17.3. The van der Waals surface area contributed by atoms with Crippen LogP contribution in [0.3, 0.4) is 0 Å². The zero-order valence-electron chi connectivity index (χ0n) is 16.5. The molecule has 1 N–H and O–H groups in total. The molecule has 2 aliphatic rings. The van der Waals surface area contributed by atoms with Crippen LogP contribution in [0.4, 0.5) is 0 Å². The maximum Gasteiger partial charge on any atom is 0.266 e. The van der Waals surface area contributed by atoms with Crippen LogP contribution in [-0.4, -0.2) is 40.4 Å². The second-order valence-electron chi connectivity index (χ2n) is 7.77. The summed E-state index contributed by atoms with van der Waals surface area (Å²) in [7, 11) is 0. The minimum atomic E-state index is -0.466. The Morgan fingerprint density at radius 2 is 2.03 bits per heavy atom. The highest BCUT2D eigenvalue weighted by atomic mass is 32.1. The van der Waals surface area contributed by atoms with E-state index < -0.39 is 6.04 Å². The Bertz CT molecular complexity index is 834. The third kappa shape index (κ3) is 4.96. The van der Waals surface area contributed by atoms with Crippen molar-refractivity contribution in [3.8, 4) is 5.75 Å². The van der Waals surface area contributed by atoms with Crippen LogP contribution in [0.15, 0.2) is 36.0 Å². The van der Waals surface area contributed by atoms with Crippen molar-refractivity contribution in [3.63, 3.8) is 0 Å². The van der Waals surface area contributed by atoms with Crippen molar-refractivity contribution in [3.05, 3.63) is 46.4 Å². The van der Waals surface area contributed by atoms with Gasteiger partial charge in [-0.2, -0.15) is 0 Å². The Kier molecular flexibility index (Phi) is 6.44. The number of rotatable bonds is 6. The van der Waals surface area contributed by atoms with E-state index >= 15 is 0 Å². The first kappa shape index (κ1) is 19.9. The van der Waals surface area contributed by atoms with Gasteiger partial charge < -0.3 is 15.0 Å². The molecule has 2 aromatic rings. The van der Waals surface area contributed by atoms with Gasteiger partial charge in [-0.3, -0.25) is 14.6 Å². The number of benzene rings is 1. The van der Waals surface area contributed by atoms with Gasteiger partial charge >= 0.3 is 0 Å². The molecule has 0 radical (unpaired) electrons. The van der Waals surface area contributed by atoms with Crippen molar-refractivity contribution < 1.29 is 14.3 Å². The van der Waals surface area contributed by atoms with Crippen molar-refractivity contribution in [2.75, 3.05) is 6.54 Å². The van der Waals surface area contributed by atoms with Crippen molar-refractivity contribution in [1.29, 1.82) is 0 Å².